The molecule has 16 heavy (non-hydrogen) atoms. The van der Waals surface area contributed by atoms with Crippen molar-refractivity contribution < 1.29 is 4.74 Å². The van der Waals surface area contributed by atoms with Crippen LogP contribution < -0.4 is 16.4 Å². The molecule has 0 spiro atoms. The van der Waals surface area contributed by atoms with E-state index in [2.05, 4.69) is 16.5 Å². The monoisotopic (exact) mass is 223 g/mol. The largest absolute Gasteiger partial charge is 0.393 e. The van der Waals surface area contributed by atoms with E-state index in [1.54, 1.807) is 11.1 Å². The minimum Gasteiger partial charge on any atom is -0.393 e. The van der Waals surface area contributed by atoms with Crippen LogP contribution in [0.3, 0.4) is 0 Å². The van der Waals surface area contributed by atoms with E-state index in [0.717, 1.165) is 0 Å². The SMILES string of the molecule is C=CN(CCOCC)c1ncnc(N)c1N. The molecule has 0 aliphatic rings. The van der Waals surface area contributed by atoms with Crippen molar-refractivity contribution in [3.63, 3.8) is 0 Å². The molecule has 88 valence electrons. The van der Waals surface area contributed by atoms with Crippen molar-refractivity contribution in [2.45, 2.75) is 6.92 Å². The van der Waals surface area contributed by atoms with Crippen LogP contribution in [0.15, 0.2) is 19.1 Å². The molecule has 1 heterocycles. The predicted molar refractivity (Wildman–Crippen MR) is 64.9 cm³/mol. The van der Waals surface area contributed by atoms with Crippen LogP contribution in [-0.2, 0) is 4.74 Å². The summed E-state index contributed by atoms with van der Waals surface area (Å²) in [6, 6.07) is 0. The van der Waals surface area contributed by atoms with Crippen LogP contribution in [-0.4, -0.2) is 29.7 Å². The van der Waals surface area contributed by atoms with Gasteiger partial charge in [-0.3, -0.25) is 0 Å². The normalized spacial score (nSPS) is 10.1. The van der Waals surface area contributed by atoms with E-state index in [1.165, 1.54) is 6.33 Å². The molecule has 0 fully saturated rings. The van der Waals surface area contributed by atoms with Crippen molar-refractivity contribution >= 4 is 17.3 Å². The topological polar surface area (TPSA) is 90.3 Å². The molecule has 6 nitrogen and oxygen atoms in total. The minimum absolute atomic E-state index is 0.272. The molecule has 1 aromatic rings. The lowest BCUT2D eigenvalue weighted by Gasteiger charge is -2.20. The van der Waals surface area contributed by atoms with Gasteiger partial charge in [0.15, 0.2) is 11.6 Å². The number of rotatable bonds is 6. The highest BCUT2D eigenvalue weighted by Crippen LogP contribution is 2.23. The predicted octanol–water partition coefficient (Wildman–Crippen LogP) is 0.627. The number of nitrogens with zero attached hydrogens (tertiary/aromatic N) is 3. The Morgan fingerprint density at radius 2 is 2.25 bits per heavy atom. The van der Waals surface area contributed by atoms with Crippen LogP contribution in [0.25, 0.3) is 0 Å². The summed E-state index contributed by atoms with van der Waals surface area (Å²) in [7, 11) is 0. The zero-order valence-electron chi connectivity index (χ0n) is 9.39. The van der Waals surface area contributed by atoms with Gasteiger partial charge in [0.1, 0.15) is 12.0 Å². The molecule has 0 atom stereocenters. The van der Waals surface area contributed by atoms with E-state index < -0.39 is 0 Å². The quantitative estimate of drug-likeness (QED) is 0.687. The first-order valence-corrected chi connectivity index (χ1v) is 5.03. The fraction of sp³-hybridized carbons (Fsp3) is 0.400. The van der Waals surface area contributed by atoms with Gasteiger partial charge < -0.3 is 21.1 Å². The molecule has 0 aliphatic heterocycles. The Bertz CT molecular complexity index is 355. The summed E-state index contributed by atoms with van der Waals surface area (Å²) in [5, 5.41) is 0. The molecule has 0 saturated carbocycles. The Hall–Kier alpha value is -1.82. The number of ether oxygens (including phenoxy) is 1. The summed E-state index contributed by atoms with van der Waals surface area (Å²) in [6.45, 7) is 7.51. The van der Waals surface area contributed by atoms with Gasteiger partial charge >= 0.3 is 0 Å². The number of nitrogen functional groups attached to an aromatic ring is 2. The second-order valence-electron chi connectivity index (χ2n) is 3.07. The lowest BCUT2D eigenvalue weighted by atomic mass is 10.4. The number of aromatic nitrogens is 2. The summed E-state index contributed by atoms with van der Waals surface area (Å²) in [5.41, 5.74) is 11.7. The fourth-order valence-electron chi connectivity index (χ4n) is 1.22. The molecule has 1 aromatic heterocycles. The lowest BCUT2D eigenvalue weighted by molar-refractivity contribution is 0.155. The van der Waals surface area contributed by atoms with Gasteiger partial charge in [0.2, 0.25) is 0 Å². The van der Waals surface area contributed by atoms with Crippen molar-refractivity contribution in [3.8, 4) is 0 Å². The molecule has 0 aliphatic carbocycles. The van der Waals surface area contributed by atoms with E-state index in [0.29, 0.717) is 31.3 Å². The molecule has 0 aromatic carbocycles. The first kappa shape index (κ1) is 12.3. The van der Waals surface area contributed by atoms with Gasteiger partial charge in [0.05, 0.1) is 6.61 Å². The molecule has 0 amide bonds. The summed E-state index contributed by atoms with van der Waals surface area (Å²) in [5.74, 6) is 0.829. The zero-order chi connectivity index (χ0) is 12.0. The minimum atomic E-state index is 0.272. The van der Waals surface area contributed by atoms with Gasteiger partial charge in [-0.2, -0.15) is 0 Å². The Balaban J connectivity index is 2.78. The summed E-state index contributed by atoms with van der Waals surface area (Å²) in [4.78, 5) is 9.65. The van der Waals surface area contributed by atoms with E-state index >= 15 is 0 Å². The zero-order valence-corrected chi connectivity index (χ0v) is 9.39. The highest BCUT2D eigenvalue weighted by atomic mass is 16.5. The van der Waals surface area contributed by atoms with Gasteiger partial charge in [0.25, 0.3) is 0 Å². The Kier molecular flexibility index (Phi) is 4.53. The summed E-state index contributed by atoms with van der Waals surface area (Å²) >= 11 is 0. The van der Waals surface area contributed by atoms with Gasteiger partial charge in [-0.1, -0.05) is 6.58 Å². The fourth-order valence-corrected chi connectivity index (χ4v) is 1.22. The third-order valence-electron chi connectivity index (χ3n) is 2.07. The third kappa shape index (κ3) is 2.83. The van der Waals surface area contributed by atoms with E-state index in [9.17, 15) is 0 Å². The summed E-state index contributed by atoms with van der Waals surface area (Å²) in [6.07, 6.45) is 3.01. The highest BCUT2D eigenvalue weighted by molar-refractivity contribution is 5.73. The highest BCUT2D eigenvalue weighted by Gasteiger charge is 2.10. The number of nitrogens with two attached hydrogens (primary N) is 2. The van der Waals surface area contributed by atoms with Crippen LogP contribution in [0, 0.1) is 0 Å². The van der Waals surface area contributed by atoms with Crippen LogP contribution >= 0.6 is 0 Å². The molecule has 0 saturated heterocycles. The van der Waals surface area contributed by atoms with Gasteiger partial charge in [-0.25, -0.2) is 9.97 Å². The molecule has 4 N–H and O–H groups in total. The maximum Gasteiger partial charge on any atom is 0.161 e. The average Bonchev–Trinajstić information content (AvgIpc) is 2.29. The Morgan fingerprint density at radius 3 is 2.88 bits per heavy atom. The van der Waals surface area contributed by atoms with Crippen molar-refractivity contribution in [2.24, 2.45) is 0 Å². The molecule has 1 rings (SSSR count). The van der Waals surface area contributed by atoms with E-state index in [1.807, 2.05) is 6.92 Å². The third-order valence-corrected chi connectivity index (χ3v) is 2.07. The second kappa shape index (κ2) is 5.92. The first-order chi connectivity index (χ1) is 7.70. The molecule has 0 unspecified atom stereocenters. The van der Waals surface area contributed by atoms with Crippen LogP contribution in [0.5, 0.6) is 0 Å². The van der Waals surface area contributed by atoms with Crippen molar-refractivity contribution in [1.82, 2.24) is 9.97 Å². The first-order valence-electron chi connectivity index (χ1n) is 5.03. The average molecular weight is 223 g/mol. The molecular formula is C10H17N5O. The Morgan fingerprint density at radius 1 is 1.50 bits per heavy atom. The van der Waals surface area contributed by atoms with Gasteiger partial charge in [0, 0.05) is 13.2 Å². The smallest absolute Gasteiger partial charge is 0.161 e. The maximum absolute atomic E-state index is 5.78. The van der Waals surface area contributed by atoms with Crippen molar-refractivity contribution in [1.29, 1.82) is 0 Å². The van der Waals surface area contributed by atoms with E-state index in [4.69, 9.17) is 16.2 Å². The molecule has 0 bridgehead atoms. The molecule has 0 radical (unpaired) electrons. The number of anilines is 3. The van der Waals surface area contributed by atoms with Crippen LogP contribution in [0.2, 0.25) is 0 Å². The number of hydrogen-bond donors (Lipinski definition) is 2. The van der Waals surface area contributed by atoms with E-state index in [-0.39, 0.29) is 5.82 Å². The molecule has 6 heteroatoms. The van der Waals surface area contributed by atoms with Gasteiger partial charge in [-0.05, 0) is 13.1 Å². The maximum atomic E-state index is 5.78. The van der Waals surface area contributed by atoms with Gasteiger partial charge in [-0.15, -0.1) is 0 Å². The van der Waals surface area contributed by atoms with Crippen LogP contribution in [0.4, 0.5) is 17.3 Å². The summed E-state index contributed by atoms with van der Waals surface area (Å²) < 4.78 is 5.25. The van der Waals surface area contributed by atoms with Crippen molar-refractivity contribution in [3.05, 3.63) is 19.1 Å². The Labute approximate surface area is 94.9 Å². The van der Waals surface area contributed by atoms with Crippen molar-refractivity contribution in [2.75, 3.05) is 36.1 Å². The number of hydrogen-bond acceptors (Lipinski definition) is 6. The standard InChI is InChI=1S/C10H17N5O/c1-3-15(5-6-16-4-2)10-8(11)9(12)13-7-14-10/h3,7H,1,4-6,11H2,2H3,(H2,12,13,14). The second-order valence-corrected chi connectivity index (χ2v) is 3.07. The molecular weight excluding hydrogens is 206 g/mol. The van der Waals surface area contributed by atoms with Crippen LogP contribution in [0.1, 0.15) is 6.92 Å². The lowest BCUT2D eigenvalue weighted by Crippen LogP contribution is -2.24.